The molecule has 1 heterocycles. The van der Waals surface area contributed by atoms with Crippen molar-refractivity contribution in [1.29, 1.82) is 0 Å². The maximum atomic E-state index is 13.3. The van der Waals surface area contributed by atoms with E-state index in [9.17, 15) is 18.8 Å². The highest BCUT2D eigenvalue weighted by Gasteiger charge is 2.37. The molecule has 4 rings (SSSR count). The van der Waals surface area contributed by atoms with Crippen molar-refractivity contribution in [2.24, 2.45) is 0 Å². The molecular formula is C24H15Br2FN2O4. The quantitative estimate of drug-likeness (QED) is 0.319. The first-order chi connectivity index (χ1) is 15.8. The Morgan fingerprint density at radius 1 is 0.909 bits per heavy atom. The van der Waals surface area contributed by atoms with E-state index < -0.39 is 23.7 Å². The zero-order valence-electron chi connectivity index (χ0n) is 16.8. The molecule has 1 saturated heterocycles. The van der Waals surface area contributed by atoms with E-state index in [1.54, 1.807) is 18.2 Å². The van der Waals surface area contributed by atoms with E-state index in [-0.39, 0.29) is 17.9 Å². The molecule has 33 heavy (non-hydrogen) atoms. The van der Waals surface area contributed by atoms with Crippen molar-refractivity contribution in [3.05, 3.63) is 98.2 Å². The van der Waals surface area contributed by atoms with Crippen molar-refractivity contribution in [3.8, 4) is 5.75 Å². The maximum absolute atomic E-state index is 13.3. The average molecular weight is 574 g/mol. The lowest BCUT2D eigenvalue weighted by molar-refractivity contribution is -0.122. The molecule has 6 nitrogen and oxygen atoms in total. The molecule has 3 aromatic carbocycles. The topological polar surface area (TPSA) is 75.7 Å². The fourth-order valence-electron chi connectivity index (χ4n) is 3.14. The molecule has 0 aromatic heterocycles. The molecule has 166 valence electrons. The van der Waals surface area contributed by atoms with Gasteiger partial charge in [0.05, 0.1) is 5.69 Å². The molecule has 1 fully saturated rings. The number of halogens is 3. The average Bonchev–Trinajstić information content (AvgIpc) is 2.78. The normalized spacial score (nSPS) is 15.1. The molecule has 0 spiro atoms. The van der Waals surface area contributed by atoms with E-state index in [1.165, 1.54) is 18.2 Å². The third kappa shape index (κ3) is 5.20. The number of ether oxygens (including phenoxy) is 1. The molecule has 0 atom stereocenters. The van der Waals surface area contributed by atoms with Crippen LogP contribution in [0.25, 0.3) is 6.08 Å². The number of urea groups is 1. The van der Waals surface area contributed by atoms with Crippen molar-refractivity contribution in [1.82, 2.24) is 5.32 Å². The number of benzene rings is 3. The van der Waals surface area contributed by atoms with Crippen LogP contribution in [0.2, 0.25) is 0 Å². The van der Waals surface area contributed by atoms with Gasteiger partial charge in [-0.05, 0) is 66.2 Å². The fourth-order valence-corrected chi connectivity index (χ4v) is 3.79. The molecule has 0 saturated carbocycles. The summed E-state index contributed by atoms with van der Waals surface area (Å²) in [6, 6.07) is 16.7. The van der Waals surface area contributed by atoms with Gasteiger partial charge in [0.1, 0.15) is 23.7 Å². The van der Waals surface area contributed by atoms with Gasteiger partial charge in [-0.25, -0.2) is 14.1 Å². The Balaban J connectivity index is 1.66. The number of carbonyl (C=O) groups excluding carboxylic acids is 3. The predicted octanol–water partition coefficient (Wildman–Crippen LogP) is 5.60. The van der Waals surface area contributed by atoms with Gasteiger partial charge in [-0.1, -0.05) is 44.0 Å². The van der Waals surface area contributed by atoms with Gasteiger partial charge in [0, 0.05) is 14.5 Å². The van der Waals surface area contributed by atoms with Gasteiger partial charge in [0.2, 0.25) is 0 Å². The number of anilines is 1. The second kappa shape index (κ2) is 9.68. The Morgan fingerprint density at radius 2 is 1.58 bits per heavy atom. The number of carbonyl (C=O) groups is 3. The van der Waals surface area contributed by atoms with Crippen LogP contribution in [0.5, 0.6) is 5.75 Å². The largest absolute Gasteiger partial charge is 0.488 e. The minimum Gasteiger partial charge on any atom is -0.488 e. The molecule has 9 heteroatoms. The summed E-state index contributed by atoms with van der Waals surface area (Å²) in [4.78, 5) is 38.7. The standard InChI is InChI=1S/C24H15Br2FN2O4/c25-16-3-1-14(2-4-16)13-33-21-10-5-17(26)11-15(21)12-20-22(30)28-24(32)29(23(20)31)19-8-6-18(27)7-9-19/h1-12H,13H2,(H,28,30,32)/b20-12+. The van der Waals surface area contributed by atoms with E-state index in [4.69, 9.17) is 4.74 Å². The molecule has 1 aliphatic heterocycles. The molecule has 0 unspecified atom stereocenters. The first-order valence-corrected chi connectivity index (χ1v) is 11.2. The van der Waals surface area contributed by atoms with Gasteiger partial charge in [0.15, 0.2) is 0 Å². The monoisotopic (exact) mass is 572 g/mol. The molecule has 4 amide bonds. The molecule has 3 aromatic rings. The van der Waals surface area contributed by atoms with E-state index in [2.05, 4.69) is 37.2 Å². The van der Waals surface area contributed by atoms with Crippen molar-refractivity contribution < 1.29 is 23.5 Å². The van der Waals surface area contributed by atoms with Gasteiger partial charge in [-0.3, -0.25) is 14.9 Å². The number of hydrogen-bond acceptors (Lipinski definition) is 4. The maximum Gasteiger partial charge on any atom is 0.335 e. The van der Waals surface area contributed by atoms with E-state index in [1.807, 2.05) is 24.3 Å². The molecule has 0 radical (unpaired) electrons. The summed E-state index contributed by atoms with van der Waals surface area (Å²) in [6.07, 6.45) is 1.36. The molecule has 0 aliphatic carbocycles. The van der Waals surface area contributed by atoms with Crippen molar-refractivity contribution in [2.75, 3.05) is 4.90 Å². The minimum absolute atomic E-state index is 0.137. The first-order valence-electron chi connectivity index (χ1n) is 9.65. The number of nitrogens with zero attached hydrogens (tertiary/aromatic N) is 1. The van der Waals surface area contributed by atoms with E-state index in [0.717, 1.165) is 27.1 Å². The van der Waals surface area contributed by atoms with Crippen LogP contribution in [0.1, 0.15) is 11.1 Å². The highest BCUT2D eigenvalue weighted by Crippen LogP contribution is 2.29. The third-order valence-corrected chi connectivity index (χ3v) is 5.79. The molecule has 1 N–H and O–H groups in total. The van der Waals surface area contributed by atoms with Crippen LogP contribution < -0.4 is 15.0 Å². The van der Waals surface area contributed by atoms with Crippen LogP contribution in [0.3, 0.4) is 0 Å². The summed E-state index contributed by atoms with van der Waals surface area (Å²) in [6.45, 7) is 0.269. The highest BCUT2D eigenvalue weighted by atomic mass is 79.9. The number of nitrogens with one attached hydrogen (secondary N) is 1. The van der Waals surface area contributed by atoms with Crippen LogP contribution in [0, 0.1) is 5.82 Å². The second-order valence-corrected chi connectivity index (χ2v) is 8.86. The summed E-state index contributed by atoms with van der Waals surface area (Å²) in [5, 5.41) is 2.15. The fraction of sp³-hybridized carbons (Fsp3) is 0.0417. The number of barbiturate groups is 1. The second-order valence-electron chi connectivity index (χ2n) is 7.03. The summed E-state index contributed by atoms with van der Waals surface area (Å²) in [5.74, 6) is -1.73. The zero-order chi connectivity index (χ0) is 23.5. The van der Waals surface area contributed by atoms with Crippen LogP contribution in [-0.2, 0) is 16.2 Å². The Hall–Kier alpha value is -3.30. The number of rotatable bonds is 5. The molecular weight excluding hydrogens is 559 g/mol. The predicted molar refractivity (Wildman–Crippen MR) is 128 cm³/mol. The van der Waals surface area contributed by atoms with Gasteiger partial charge in [-0.2, -0.15) is 0 Å². The Morgan fingerprint density at radius 3 is 2.27 bits per heavy atom. The SMILES string of the molecule is O=C1NC(=O)N(c2ccc(F)cc2)C(=O)/C1=C/c1cc(Br)ccc1OCc1ccc(Br)cc1. The Kier molecular flexibility index (Phi) is 6.71. The summed E-state index contributed by atoms with van der Waals surface area (Å²) in [5.41, 5.74) is 1.27. The van der Waals surface area contributed by atoms with E-state index >= 15 is 0 Å². The zero-order valence-corrected chi connectivity index (χ0v) is 20.0. The van der Waals surface area contributed by atoms with Crippen LogP contribution in [0.4, 0.5) is 14.9 Å². The number of imide groups is 2. The van der Waals surface area contributed by atoms with Crippen molar-refractivity contribution in [2.45, 2.75) is 6.61 Å². The van der Waals surface area contributed by atoms with Crippen LogP contribution in [0.15, 0.2) is 81.2 Å². The lowest BCUT2D eigenvalue weighted by atomic mass is 10.1. The van der Waals surface area contributed by atoms with Crippen molar-refractivity contribution in [3.63, 3.8) is 0 Å². The smallest absolute Gasteiger partial charge is 0.335 e. The minimum atomic E-state index is -0.908. The third-order valence-electron chi connectivity index (χ3n) is 4.77. The highest BCUT2D eigenvalue weighted by molar-refractivity contribution is 9.10. The molecule has 1 aliphatic rings. The number of hydrogen-bond donors (Lipinski definition) is 1. The van der Waals surface area contributed by atoms with Gasteiger partial charge in [0.25, 0.3) is 11.8 Å². The van der Waals surface area contributed by atoms with Crippen LogP contribution in [-0.4, -0.2) is 17.8 Å². The van der Waals surface area contributed by atoms with Crippen LogP contribution >= 0.6 is 31.9 Å². The van der Waals surface area contributed by atoms with Gasteiger partial charge in [-0.15, -0.1) is 0 Å². The Labute approximate surface area is 205 Å². The lowest BCUT2D eigenvalue weighted by Crippen LogP contribution is -2.54. The van der Waals surface area contributed by atoms with Gasteiger partial charge < -0.3 is 4.74 Å². The summed E-state index contributed by atoms with van der Waals surface area (Å²) in [7, 11) is 0. The van der Waals surface area contributed by atoms with Gasteiger partial charge >= 0.3 is 6.03 Å². The first kappa shape index (κ1) is 22.9. The van der Waals surface area contributed by atoms with Crippen molar-refractivity contribution >= 4 is 61.5 Å². The lowest BCUT2D eigenvalue weighted by Gasteiger charge is -2.26. The summed E-state index contributed by atoms with van der Waals surface area (Å²) < 4.78 is 20.9. The Bertz CT molecular complexity index is 1270. The van der Waals surface area contributed by atoms with E-state index in [0.29, 0.717) is 15.8 Å². The summed E-state index contributed by atoms with van der Waals surface area (Å²) >= 11 is 6.77. The molecule has 0 bridgehead atoms. The number of amides is 4.